The molecule has 0 aliphatic heterocycles. The Morgan fingerprint density at radius 2 is 2.25 bits per heavy atom. The Morgan fingerprint density at radius 1 is 1.67 bits per heavy atom. The van der Waals surface area contributed by atoms with Crippen LogP contribution in [0.5, 0.6) is 0 Å². The van der Waals surface area contributed by atoms with Gasteiger partial charge < -0.3 is 9.64 Å². The maximum absolute atomic E-state index is 11.1. The fourth-order valence-corrected chi connectivity index (χ4v) is 0.601. The summed E-state index contributed by atoms with van der Waals surface area (Å²) >= 11 is 0. The average molecular weight is 170 g/mol. The molecule has 4 nitrogen and oxygen atoms in total. The van der Waals surface area contributed by atoms with Crippen molar-refractivity contribution in [3.63, 3.8) is 0 Å². The average Bonchev–Trinajstić information content (AvgIpc) is 1.98. The summed E-state index contributed by atoms with van der Waals surface area (Å²) in [5.41, 5.74) is 0. The lowest BCUT2D eigenvalue weighted by Crippen LogP contribution is -2.30. The predicted octanol–water partition coefficient (Wildman–Crippen LogP) is 1.38. The molecule has 1 amide bonds. The normalized spacial score (nSPS) is 9.25. The van der Waals surface area contributed by atoms with Crippen LogP contribution in [0, 0.1) is 11.3 Å². The van der Waals surface area contributed by atoms with Gasteiger partial charge in [-0.05, 0) is 13.8 Å². The topological polar surface area (TPSA) is 53.3 Å². The molecule has 0 fully saturated rings. The molecule has 68 valence electrons. The molecule has 0 atom stereocenters. The Morgan fingerprint density at radius 3 is 2.67 bits per heavy atom. The molecule has 0 unspecified atom stereocenters. The molecule has 0 aromatic heterocycles. The van der Waals surface area contributed by atoms with Crippen molar-refractivity contribution < 1.29 is 9.53 Å². The fourth-order valence-electron chi connectivity index (χ4n) is 0.601. The molecule has 4 heteroatoms. The summed E-state index contributed by atoms with van der Waals surface area (Å²) in [6.45, 7) is 3.99. The first kappa shape index (κ1) is 10.8. The lowest BCUT2D eigenvalue weighted by molar-refractivity contribution is 0.0846. The molecule has 0 bridgehead atoms. The lowest BCUT2D eigenvalue weighted by atomic mass is 10.4. The quantitative estimate of drug-likeness (QED) is 0.642. The highest BCUT2D eigenvalue weighted by Crippen LogP contribution is 1.96. The number of hydrogen-bond donors (Lipinski definition) is 0. The van der Waals surface area contributed by atoms with Gasteiger partial charge in [0.25, 0.3) is 0 Å². The monoisotopic (exact) mass is 170 g/mol. The second kappa shape index (κ2) is 5.42. The Labute approximate surface area is 72.7 Å². The number of rotatable bonds is 3. The summed E-state index contributed by atoms with van der Waals surface area (Å²) in [7, 11) is 1.61. The van der Waals surface area contributed by atoms with E-state index in [2.05, 4.69) is 0 Å². The Hall–Kier alpha value is -1.24. The molecule has 0 spiro atoms. The van der Waals surface area contributed by atoms with Gasteiger partial charge in [-0.3, -0.25) is 0 Å². The Kier molecular flexibility index (Phi) is 4.86. The van der Waals surface area contributed by atoms with Gasteiger partial charge in [0, 0.05) is 13.6 Å². The second-order valence-electron chi connectivity index (χ2n) is 2.76. The van der Waals surface area contributed by atoms with E-state index in [0.29, 0.717) is 13.0 Å². The number of amides is 1. The molecule has 12 heavy (non-hydrogen) atoms. The van der Waals surface area contributed by atoms with Crippen LogP contribution in [0.1, 0.15) is 20.3 Å². The van der Waals surface area contributed by atoms with E-state index in [1.54, 1.807) is 20.9 Å². The standard InChI is InChI=1S/C8H14N2O2/c1-7(2)12-8(11)10(3)6-4-5-9/h7H,4,6H2,1-3H3. The molecule has 0 aromatic carbocycles. The molecule has 0 heterocycles. The molecule has 0 saturated heterocycles. The zero-order valence-electron chi connectivity index (χ0n) is 7.70. The van der Waals surface area contributed by atoms with Gasteiger partial charge in [-0.2, -0.15) is 5.26 Å². The van der Waals surface area contributed by atoms with Gasteiger partial charge in [0.05, 0.1) is 18.6 Å². The van der Waals surface area contributed by atoms with Crippen LogP contribution in [0.15, 0.2) is 0 Å². The third-order valence-corrected chi connectivity index (χ3v) is 1.21. The van der Waals surface area contributed by atoms with Gasteiger partial charge >= 0.3 is 6.09 Å². The van der Waals surface area contributed by atoms with Crippen molar-refractivity contribution >= 4 is 6.09 Å². The van der Waals surface area contributed by atoms with E-state index in [1.807, 2.05) is 6.07 Å². The highest BCUT2D eigenvalue weighted by atomic mass is 16.6. The van der Waals surface area contributed by atoms with Crippen molar-refractivity contribution in [2.75, 3.05) is 13.6 Å². The van der Waals surface area contributed by atoms with Crippen LogP contribution < -0.4 is 0 Å². The first-order valence-electron chi connectivity index (χ1n) is 3.86. The maximum atomic E-state index is 11.1. The molecule has 0 saturated carbocycles. The second-order valence-corrected chi connectivity index (χ2v) is 2.76. The molecule has 0 radical (unpaired) electrons. The van der Waals surface area contributed by atoms with Crippen molar-refractivity contribution in [2.24, 2.45) is 0 Å². The van der Waals surface area contributed by atoms with Crippen molar-refractivity contribution in [2.45, 2.75) is 26.4 Å². The first-order chi connectivity index (χ1) is 5.57. The van der Waals surface area contributed by atoms with E-state index >= 15 is 0 Å². The lowest BCUT2D eigenvalue weighted by Gasteiger charge is -2.16. The van der Waals surface area contributed by atoms with Gasteiger partial charge in [0.15, 0.2) is 0 Å². The van der Waals surface area contributed by atoms with Gasteiger partial charge in [-0.25, -0.2) is 4.79 Å². The summed E-state index contributed by atoms with van der Waals surface area (Å²) in [4.78, 5) is 12.4. The predicted molar refractivity (Wildman–Crippen MR) is 44.5 cm³/mol. The zero-order chi connectivity index (χ0) is 9.56. The molecular weight excluding hydrogens is 156 g/mol. The van der Waals surface area contributed by atoms with E-state index in [1.165, 1.54) is 4.90 Å². The summed E-state index contributed by atoms with van der Waals surface area (Å²) in [5, 5.41) is 8.25. The Bertz CT molecular complexity index is 184. The van der Waals surface area contributed by atoms with Gasteiger partial charge in [-0.15, -0.1) is 0 Å². The zero-order valence-corrected chi connectivity index (χ0v) is 7.70. The minimum absolute atomic E-state index is 0.109. The Balaban J connectivity index is 3.70. The smallest absolute Gasteiger partial charge is 0.409 e. The number of hydrogen-bond acceptors (Lipinski definition) is 3. The van der Waals surface area contributed by atoms with Crippen LogP contribution in [-0.4, -0.2) is 30.7 Å². The van der Waals surface area contributed by atoms with Crippen LogP contribution in [0.2, 0.25) is 0 Å². The van der Waals surface area contributed by atoms with Crippen molar-refractivity contribution in [1.29, 1.82) is 5.26 Å². The van der Waals surface area contributed by atoms with Gasteiger partial charge in [0.1, 0.15) is 0 Å². The first-order valence-corrected chi connectivity index (χ1v) is 3.86. The van der Waals surface area contributed by atoms with Gasteiger partial charge in [0.2, 0.25) is 0 Å². The molecule has 0 aliphatic rings. The minimum Gasteiger partial charge on any atom is -0.447 e. The third kappa shape index (κ3) is 4.56. The molecule has 0 rings (SSSR count). The van der Waals surface area contributed by atoms with Gasteiger partial charge in [-0.1, -0.05) is 0 Å². The number of carbonyl (C=O) groups is 1. The number of carbonyl (C=O) groups excluding carboxylic acids is 1. The highest BCUT2D eigenvalue weighted by Gasteiger charge is 2.10. The summed E-state index contributed by atoms with van der Waals surface area (Å²) < 4.78 is 4.89. The summed E-state index contributed by atoms with van der Waals surface area (Å²) in [6, 6.07) is 1.96. The van der Waals surface area contributed by atoms with E-state index in [0.717, 1.165) is 0 Å². The number of nitrogens with zero attached hydrogens (tertiary/aromatic N) is 2. The summed E-state index contributed by atoms with van der Waals surface area (Å²) in [6.07, 6.45) is -0.147. The van der Waals surface area contributed by atoms with E-state index in [4.69, 9.17) is 10.00 Å². The molecule has 0 aromatic rings. The van der Waals surface area contributed by atoms with Crippen molar-refractivity contribution in [3.05, 3.63) is 0 Å². The van der Waals surface area contributed by atoms with E-state index in [-0.39, 0.29) is 12.2 Å². The fraction of sp³-hybridized carbons (Fsp3) is 0.750. The summed E-state index contributed by atoms with van der Waals surface area (Å²) in [5.74, 6) is 0. The van der Waals surface area contributed by atoms with Crippen LogP contribution >= 0.6 is 0 Å². The molecule has 0 aliphatic carbocycles. The van der Waals surface area contributed by atoms with Crippen LogP contribution in [-0.2, 0) is 4.74 Å². The van der Waals surface area contributed by atoms with E-state index in [9.17, 15) is 4.79 Å². The molecule has 0 N–H and O–H groups in total. The largest absolute Gasteiger partial charge is 0.447 e. The third-order valence-electron chi connectivity index (χ3n) is 1.21. The van der Waals surface area contributed by atoms with Crippen LogP contribution in [0.4, 0.5) is 4.79 Å². The number of ether oxygens (including phenoxy) is 1. The number of nitriles is 1. The van der Waals surface area contributed by atoms with Crippen LogP contribution in [0.3, 0.4) is 0 Å². The minimum atomic E-state index is -0.375. The van der Waals surface area contributed by atoms with Crippen LogP contribution in [0.25, 0.3) is 0 Å². The maximum Gasteiger partial charge on any atom is 0.409 e. The van der Waals surface area contributed by atoms with Crippen molar-refractivity contribution in [1.82, 2.24) is 4.90 Å². The van der Waals surface area contributed by atoms with E-state index < -0.39 is 0 Å². The van der Waals surface area contributed by atoms with Crippen molar-refractivity contribution in [3.8, 4) is 6.07 Å². The molecular formula is C8H14N2O2. The highest BCUT2D eigenvalue weighted by molar-refractivity contribution is 5.67. The SMILES string of the molecule is CC(C)OC(=O)N(C)CCC#N.